The predicted octanol–water partition coefficient (Wildman–Crippen LogP) is 3.31. The van der Waals surface area contributed by atoms with Crippen molar-refractivity contribution < 1.29 is 4.74 Å². The largest absolute Gasteiger partial charge is 0.497 e. The molecule has 0 aliphatic heterocycles. The van der Waals surface area contributed by atoms with Crippen LogP contribution in [0.1, 0.15) is 30.6 Å². The average Bonchev–Trinajstić information content (AvgIpc) is 2.81. The average molecular weight is 338 g/mol. The molecule has 0 radical (unpaired) electrons. The van der Waals surface area contributed by atoms with Gasteiger partial charge in [-0.05, 0) is 46.5 Å². The monoisotopic (exact) mass is 337 g/mol. The topological polar surface area (TPSA) is 53.1 Å². The first-order valence-corrected chi connectivity index (χ1v) is 7.54. The smallest absolute Gasteiger partial charge is 0.118 e. The molecule has 4 nitrogen and oxygen atoms in total. The second-order valence-electron chi connectivity index (χ2n) is 4.76. The van der Waals surface area contributed by atoms with Crippen molar-refractivity contribution >= 4 is 15.9 Å². The summed E-state index contributed by atoms with van der Waals surface area (Å²) in [6, 6.07) is 7.94. The Kier molecular flexibility index (Phi) is 5.20. The number of hydrogen-bond acceptors (Lipinski definition) is 3. The first kappa shape index (κ1) is 15.1. The van der Waals surface area contributed by atoms with Gasteiger partial charge in [0.1, 0.15) is 5.75 Å². The van der Waals surface area contributed by atoms with Crippen LogP contribution in [0.25, 0.3) is 0 Å². The molecule has 0 bridgehead atoms. The molecule has 1 unspecified atom stereocenters. The van der Waals surface area contributed by atoms with Crippen LogP contribution in [-0.4, -0.2) is 16.9 Å². The fourth-order valence-electron chi connectivity index (χ4n) is 2.24. The Morgan fingerprint density at radius 2 is 2.05 bits per heavy atom. The van der Waals surface area contributed by atoms with Crippen LogP contribution in [0.5, 0.6) is 5.75 Å². The molecule has 0 saturated heterocycles. The molecule has 0 spiro atoms. The van der Waals surface area contributed by atoms with Crippen LogP contribution in [-0.2, 0) is 13.0 Å². The van der Waals surface area contributed by atoms with Gasteiger partial charge in [0.25, 0.3) is 0 Å². The summed E-state index contributed by atoms with van der Waals surface area (Å²) in [6.07, 6.45) is 3.63. The highest BCUT2D eigenvalue weighted by molar-refractivity contribution is 9.10. The van der Waals surface area contributed by atoms with Crippen LogP contribution in [0.15, 0.2) is 34.9 Å². The number of nitrogens with two attached hydrogens (primary N) is 1. The van der Waals surface area contributed by atoms with E-state index in [-0.39, 0.29) is 6.04 Å². The maximum atomic E-state index is 6.35. The molecule has 108 valence electrons. The number of ether oxygens (including phenoxy) is 1. The molecule has 0 aliphatic rings. The first-order valence-electron chi connectivity index (χ1n) is 6.75. The second kappa shape index (κ2) is 6.90. The van der Waals surface area contributed by atoms with Crippen molar-refractivity contribution in [3.63, 3.8) is 0 Å². The Bertz CT molecular complexity index is 551. The van der Waals surface area contributed by atoms with E-state index >= 15 is 0 Å². The molecule has 0 amide bonds. The van der Waals surface area contributed by atoms with Crippen LogP contribution in [0.2, 0.25) is 0 Å². The summed E-state index contributed by atoms with van der Waals surface area (Å²) < 4.78 is 8.13. The summed E-state index contributed by atoms with van der Waals surface area (Å²) in [6.45, 7) is 3.02. The van der Waals surface area contributed by atoms with Crippen molar-refractivity contribution in [2.24, 2.45) is 5.73 Å². The Balaban J connectivity index is 2.14. The summed E-state index contributed by atoms with van der Waals surface area (Å²) in [5, 5.41) is 4.37. The van der Waals surface area contributed by atoms with E-state index in [9.17, 15) is 0 Å². The van der Waals surface area contributed by atoms with Gasteiger partial charge in [-0.3, -0.25) is 4.68 Å². The third-order valence-electron chi connectivity index (χ3n) is 3.23. The highest BCUT2D eigenvalue weighted by Gasteiger charge is 2.16. The molecule has 0 fully saturated rings. The highest BCUT2D eigenvalue weighted by atomic mass is 79.9. The SMILES string of the molecule is CCCn1ncc(Br)c1C(N)Cc1ccc(OC)cc1. The summed E-state index contributed by atoms with van der Waals surface area (Å²) in [4.78, 5) is 0. The zero-order chi connectivity index (χ0) is 14.5. The van der Waals surface area contributed by atoms with Gasteiger partial charge >= 0.3 is 0 Å². The number of aryl methyl sites for hydroxylation is 1. The molecule has 0 aliphatic carbocycles. The van der Waals surface area contributed by atoms with Crippen LogP contribution in [0.3, 0.4) is 0 Å². The Hall–Kier alpha value is -1.33. The minimum Gasteiger partial charge on any atom is -0.497 e. The minimum atomic E-state index is -0.0770. The Morgan fingerprint density at radius 3 is 2.65 bits per heavy atom. The number of benzene rings is 1. The van der Waals surface area contributed by atoms with E-state index in [4.69, 9.17) is 10.5 Å². The molecule has 5 heteroatoms. The van der Waals surface area contributed by atoms with Crippen LogP contribution < -0.4 is 10.5 Å². The van der Waals surface area contributed by atoms with Gasteiger partial charge in [0, 0.05) is 6.54 Å². The van der Waals surface area contributed by atoms with Gasteiger partial charge in [-0.25, -0.2) is 0 Å². The van der Waals surface area contributed by atoms with Gasteiger partial charge in [-0.2, -0.15) is 5.10 Å². The van der Waals surface area contributed by atoms with Crippen molar-refractivity contribution in [1.29, 1.82) is 0 Å². The van der Waals surface area contributed by atoms with E-state index < -0.39 is 0 Å². The van der Waals surface area contributed by atoms with E-state index in [1.165, 1.54) is 5.56 Å². The van der Waals surface area contributed by atoms with Gasteiger partial charge in [0.05, 0.1) is 29.5 Å². The molecule has 20 heavy (non-hydrogen) atoms. The summed E-state index contributed by atoms with van der Waals surface area (Å²) in [7, 11) is 1.67. The number of rotatable bonds is 6. The number of methoxy groups -OCH3 is 1. The molecule has 1 aromatic heterocycles. The molecule has 1 aromatic carbocycles. The number of hydrogen-bond donors (Lipinski definition) is 1. The van der Waals surface area contributed by atoms with Gasteiger partial charge in [0.15, 0.2) is 0 Å². The number of nitrogens with zero attached hydrogens (tertiary/aromatic N) is 2. The van der Waals surface area contributed by atoms with Gasteiger partial charge in [-0.1, -0.05) is 19.1 Å². The zero-order valence-electron chi connectivity index (χ0n) is 11.8. The molecule has 1 atom stereocenters. The van der Waals surface area contributed by atoms with Crippen molar-refractivity contribution in [2.75, 3.05) is 7.11 Å². The van der Waals surface area contributed by atoms with Crippen LogP contribution >= 0.6 is 15.9 Å². The minimum absolute atomic E-state index is 0.0770. The van der Waals surface area contributed by atoms with Crippen molar-refractivity contribution in [3.05, 3.63) is 46.2 Å². The molecular weight excluding hydrogens is 318 g/mol. The maximum absolute atomic E-state index is 6.35. The van der Waals surface area contributed by atoms with Crippen molar-refractivity contribution in [2.45, 2.75) is 32.4 Å². The second-order valence-corrected chi connectivity index (χ2v) is 5.61. The number of halogens is 1. The van der Waals surface area contributed by atoms with Gasteiger partial charge < -0.3 is 10.5 Å². The van der Waals surface area contributed by atoms with E-state index in [2.05, 4.69) is 28.0 Å². The Labute approximate surface area is 128 Å². The van der Waals surface area contributed by atoms with Gasteiger partial charge in [-0.15, -0.1) is 0 Å². The quantitative estimate of drug-likeness (QED) is 0.879. The van der Waals surface area contributed by atoms with Crippen LogP contribution in [0, 0.1) is 0 Å². The molecule has 2 rings (SSSR count). The molecule has 0 saturated carbocycles. The summed E-state index contributed by atoms with van der Waals surface area (Å²) >= 11 is 3.54. The lowest BCUT2D eigenvalue weighted by molar-refractivity contribution is 0.414. The van der Waals surface area contributed by atoms with E-state index in [0.717, 1.165) is 35.3 Å². The summed E-state index contributed by atoms with van der Waals surface area (Å²) in [5.74, 6) is 0.861. The highest BCUT2D eigenvalue weighted by Crippen LogP contribution is 2.25. The Morgan fingerprint density at radius 1 is 1.35 bits per heavy atom. The third kappa shape index (κ3) is 3.41. The van der Waals surface area contributed by atoms with E-state index in [0.29, 0.717) is 0 Å². The fraction of sp³-hybridized carbons (Fsp3) is 0.400. The fourth-order valence-corrected chi connectivity index (χ4v) is 2.83. The normalized spacial score (nSPS) is 12.4. The van der Waals surface area contributed by atoms with Crippen molar-refractivity contribution in [1.82, 2.24) is 9.78 Å². The zero-order valence-corrected chi connectivity index (χ0v) is 13.4. The third-order valence-corrected chi connectivity index (χ3v) is 3.85. The lowest BCUT2D eigenvalue weighted by Crippen LogP contribution is -2.19. The molecule has 1 heterocycles. The molecule has 2 N–H and O–H groups in total. The van der Waals surface area contributed by atoms with E-state index in [1.54, 1.807) is 7.11 Å². The predicted molar refractivity (Wildman–Crippen MR) is 83.8 cm³/mol. The van der Waals surface area contributed by atoms with Gasteiger partial charge in [0.2, 0.25) is 0 Å². The lowest BCUT2D eigenvalue weighted by atomic mass is 10.0. The molecule has 2 aromatic rings. The van der Waals surface area contributed by atoms with E-state index in [1.807, 2.05) is 35.1 Å². The summed E-state index contributed by atoms with van der Waals surface area (Å²) in [5.41, 5.74) is 8.60. The standard InChI is InChI=1S/C15H20BrN3O/c1-3-8-19-15(13(16)10-18-19)14(17)9-11-4-6-12(20-2)7-5-11/h4-7,10,14H,3,8-9,17H2,1-2H3. The maximum Gasteiger partial charge on any atom is 0.118 e. The first-order chi connectivity index (χ1) is 9.65. The van der Waals surface area contributed by atoms with Crippen LogP contribution in [0.4, 0.5) is 0 Å². The molecular formula is C15H20BrN3O. The lowest BCUT2D eigenvalue weighted by Gasteiger charge is -2.15. The number of aromatic nitrogens is 2. The van der Waals surface area contributed by atoms with Crippen molar-refractivity contribution in [3.8, 4) is 5.75 Å².